The van der Waals surface area contributed by atoms with Crippen molar-refractivity contribution < 1.29 is 22.7 Å². The third-order valence-electron chi connectivity index (χ3n) is 8.85. The van der Waals surface area contributed by atoms with Crippen LogP contribution in [0.3, 0.4) is 0 Å². The number of hydrogen-bond donors (Lipinski definition) is 2. The molecule has 2 aliphatic rings. The lowest BCUT2D eigenvalue weighted by molar-refractivity contribution is -0.127. The summed E-state index contributed by atoms with van der Waals surface area (Å²) in [6.07, 6.45) is 7.79. The zero-order chi connectivity index (χ0) is 34.1. The third kappa shape index (κ3) is 7.61. The molecule has 0 unspecified atom stereocenters. The van der Waals surface area contributed by atoms with E-state index in [9.17, 15) is 18.0 Å². The van der Waals surface area contributed by atoms with Gasteiger partial charge in [0.1, 0.15) is 5.60 Å². The second-order valence-electron chi connectivity index (χ2n) is 13.5. The van der Waals surface area contributed by atoms with Crippen molar-refractivity contribution in [2.45, 2.75) is 81.9 Å². The number of para-hydroxylation sites is 1. The van der Waals surface area contributed by atoms with Crippen LogP contribution in [0.5, 0.6) is 0 Å². The number of benzene rings is 2. The number of hydrogen-bond acceptors (Lipinski definition) is 8. The van der Waals surface area contributed by atoms with Gasteiger partial charge in [-0.2, -0.15) is 0 Å². The summed E-state index contributed by atoms with van der Waals surface area (Å²) in [5.41, 5.74) is 1.37. The largest absolute Gasteiger partial charge is 0.444 e. The monoisotopic (exact) mass is 784 g/mol. The van der Waals surface area contributed by atoms with Gasteiger partial charge in [0, 0.05) is 54.4 Å². The van der Waals surface area contributed by atoms with E-state index in [1.165, 1.54) is 3.97 Å². The first-order valence-electron chi connectivity index (χ1n) is 16.4. The maximum Gasteiger partial charge on any atom is 0.410 e. The molecule has 13 heteroatoms. The van der Waals surface area contributed by atoms with E-state index in [4.69, 9.17) is 9.72 Å². The molecule has 48 heavy (non-hydrogen) atoms. The number of rotatable bonds is 7. The van der Waals surface area contributed by atoms with Crippen molar-refractivity contribution in [3.63, 3.8) is 0 Å². The summed E-state index contributed by atoms with van der Waals surface area (Å²) in [5, 5.41) is 7.53. The van der Waals surface area contributed by atoms with Crippen molar-refractivity contribution in [1.29, 1.82) is 0 Å². The minimum Gasteiger partial charge on any atom is -0.444 e. The lowest BCUT2D eigenvalue weighted by Crippen LogP contribution is -2.48. The number of piperidine rings is 1. The molecular weight excluding hydrogens is 743 g/mol. The van der Waals surface area contributed by atoms with E-state index in [-0.39, 0.29) is 34.9 Å². The Morgan fingerprint density at radius 2 is 1.65 bits per heavy atom. The molecule has 2 fully saturated rings. The molecule has 0 radical (unpaired) electrons. The number of carbonyl (C=O) groups excluding carboxylic acids is 2. The fraction of sp³-hybridized carbons (Fsp3) is 0.429. The Labute approximate surface area is 295 Å². The van der Waals surface area contributed by atoms with Crippen LogP contribution >= 0.6 is 22.6 Å². The Hall–Kier alpha value is -3.72. The van der Waals surface area contributed by atoms with Gasteiger partial charge in [-0.1, -0.05) is 36.4 Å². The molecule has 1 aliphatic heterocycles. The maximum atomic E-state index is 13.7. The van der Waals surface area contributed by atoms with Gasteiger partial charge in [-0.25, -0.2) is 27.2 Å². The second-order valence-corrected chi connectivity index (χ2v) is 16.5. The molecule has 2 atom stereocenters. The highest BCUT2D eigenvalue weighted by atomic mass is 127. The molecule has 1 aliphatic carbocycles. The first-order chi connectivity index (χ1) is 22.9. The summed E-state index contributed by atoms with van der Waals surface area (Å²) < 4.78 is 34.9. The van der Waals surface area contributed by atoms with E-state index in [1.807, 2.05) is 39.0 Å². The van der Waals surface area contributed by atoms with E-state index in [0.717, 1.165) is 34.6 Å². The first-order valence-corrected chi connectivity index (χ1v) is 18.9. The van der Waals surface area contributed by atoms with Gasteiger partial charge in [-0.15, -0.1) is 0 Å². The van der Waals surface area contributed by atoms with Gasteiger partial charge in [0.2, 0.25) is 11.9 Å². The van der Waals surface area contributed by atoms with Crippen molar-refractivity contribution in [3.8, 4) is 11.3 Å². The van der Waals surface area contributed by atoms with Crippen LogP contribution in [-0.4, -0.2) is 70.0 Å². The number of carbonyl (C=O) groups is 2. The van der Waals surface area contributed by atoms with E-state index < -0.39 is 15.6 Å². The fourth-order valence-electron chi connectivity index (χ4n) is 6.47. The molecule has 2 amide bonds. The van der Waals surface area contributed by atoms with Crippen LogP contribution in [0.1, 0.15) is 59.3 Å². The van der Waals surface area contributed by atoms with E-state index >= 15 is 0 Å². The average molecular weight is 785 g/mol. The molecule has 11 nitrogen and oxygen atoms in total. The molecule has 2 N–H and O–H groups in total. The molecule has 1 saturated heterocycles. The molecule has 1 saturated carbocycles. The van der Waals surface area contributed by atoms with Gasteiger partial charge in [0.05, 0.1) is 19.7 Å². The number of nitrogens with zero attached hydrogens (tertiary/aromatic N) is 4. The van der Waals surface area contributed by atoms with Crippen molar-refractivity contribution >= 4 is 61.5 Å². The van der Waals surface area contributed by atoms with Crippen molar-refractivity contribution in [2.75, 3.05) is 18.4 Å². The average Bonchev–Trinajstić information content (AvgIpc) is 3.46. The lowest BCUT2D eigenvalue weighted by Gasteiger charge is -2.35. The number of ether oxygens (including phenoxy) is 1. The highest BCUT2D eigenvalue weighted by molar-refractivity contribution is 14.1. The third-order valence-corrected chi connectivity index (χ3v) is 11.3. The molecule has 2 aromatic heterocycles. The van der Waals surface area contributed by atoms with Crippen molar-refractivity contribution in [2.24, 2.45) is 5.92 Å². The molecule has 254 valence electrons. The van der Waals surface area contributed by atoms with Crippen LogP contribution in [0.25, 0.3) is 22.2 Å². The molecule has 2 aromatic carbocycles. The molecular formula is C35H41IN6O5S. The highest BCUT2D eigenvalue weighted by Crippen LogP contribution is 2.35. The Kier molecular flexibility index (Phi) is 9.98. The summed E-state index contributed by atoms with van der Waals surface area (Å²) in [5.74, 6) is 0.366. The van der Waals surface area contributed by atoms with Gasteiger partial charge in [0.25, 0.3) is 10.0 Å². The summed E-state index contributed by atoms with van der Waals surface area (Å²) >= 11 is 2.19. The number of likely N-dealkylation sites (tertiary alicyclic amines) is 1. The Morgan fingerprint density at radius 1 is 0.958 bits per heavy atom. The Bertz CT molecular complexity index is 1900. The predicted molar refractivity (Wildman–Crippen MR) is 193 cm³/mol. The van der Waals surface area contributed by atoms with Gasteiger partial charge < -0.3 is 20.3 Å². The van der Waals surface area contributed by atoms with E-state index in [2.05, 4.69) is 38.2 Å². The summed E-state index contributed by atoms with van der Waals surface area (Å²) in [6, 6.07) is 15.9. The maximum absolute atomic E-state index is 13.7. The van der Waals surface area contributed by atoms with Crippen LogP contribution < -0.4 is 10.6 Å². The molecule has 6 rings (SSSR count). The second kappa shape index (κ2) is 14.0. The zero-order valence-corrected chi connectivity index (χ0v) is 30.3. The molecule has 4 aromatic rings. The van der Waals surface area contributed by atoms with Crippen LogP contribution in [0, 0.1) is 9.49 Å². The van der Waals surface area contributed by atoms with Crippen LogP contribution in [0.2, 0.25) is 0 Å². The van der Waals surface area contributed by atoms with Gasteiger partial charge >= 0.3 is 6.09 Å². The molecule has 3 heterocycles. The zero-order valence-electron chi connectivity index (χ0n) is 27.4. The fourth-order valence-corrected chi connectivity index (χ4v) is 8.41. The van der Waals surface area contributed by atoms with Crippen LogP contribution in [-0.2, 0) is 19.6 Å². The summed E-state index contributed by atoms with van der Waals surface area (Å²) in [6.45, 7) is 6.56. The summed E-state index contributed by atoms with van der Waals surface area (Å²) in [4.78, 5) is 37.0. The van der Waals surface area contributed by atoms with Gasteiger partial charge in [-0.05, 0) is 100 Å². The lowest BCUT2D eigenvalue weighted by atomic mass is 9.89. The highest BCUT2D eigenvalue weighted by Gasteiger charge is 2.32. The normalized spacial score (nSPS) is 19.2. The van der Waals surface area contributed by atoms with Gasteiger partial charge in [-0.3, -0.25) is 4.79 Å². The first kappa shape index (κ1) is 34.2. The minimum absolute atomic E-state index is 0.0251. The van der Waals surface area contributed by atoms with Gasteiger partial charge in [0.15, 0.2) is 0 Å². The van der Waals surface area contributed by atoms with Crippen LogP contribution in [0.4, 0.5) is 10.7 Å². The minimum atomic E-state index is -3.84. The standard InChI is InChI=1S/C35H41IN6O5S/c1-35(2,3)47-34(44)41-18-16-23(17-19-41)32(43)38-24-10-9-11-25(20-24)39-33-37-21-29(36)31(40-33)28-22-42(30-15-8-7-14-27(28)30)48(45,46)26-12-5-4-6-13-26/h4-8,12-15,21-25H,9-11,16-20H2,1-3H3,(H,38,43)(H,37,39,40)/t24-,25+/m0/s1. The van der Waals surface area contributed by atoms with Crippen molar-refractivity contribution in [1.82, 2.24) is 24.2 Å². The summed E-state index contributed by atoms with van der Waals surface area (Å²) in [7, 11) is -3.84. The van der Waals surface area contributed by atoms with Crippen LogP contribution in [0.15, 0.2) is 71.9 Å². The van der Waals surface area contributed by atoms with E-state index in [1.54, 1.807) is 53.7 Å². The quantitative estimate of drug-likeness (QED) is 0.205. The number of anilines is 1. The number of fused-ring (bicyclic) bond motifs is 1. The smallest absolute Gasteiger partial charge is 0.410 e. The number of aromatic nitrogens is 3. The Balaban J connectivity index is 1.13. The van der Waals surface area contributed by atoms with Crippen molar-refractivity contribution in [3.05, 3.63) is 70.6 Å². The number of amides is 2. The SMILES string of the molecule is CC(C)(C)OC(=O)N1CCC(C(=O)N[C@H]2CCC[C@@H](Nc3ncc(I)c(-c4cn(S(=O)(=O)c5ccccc5)c5ccccc45)n3)C2)CC1. The van der Waals surface area contributed by atoms with E-state index in [0.29, 0.717) is 48.7 Å². The Morgan fingerprint density at radius 3 is 2.38 bits per heavy atom. The molecule has 0 bridgehead atoms. The number of halogens is 1. The topological polar surface area (TPSA) is 136 Å². The number of nitrogens with one attached hydrogen (secondary N) is 2. The molecule has 0 spiro atoms. The predicted octanol–water partition coefficient (Wildman–Crippen LogP) is 6.43.